The maximum Gasteiger partial charge on any atom is 0.234 e. The van der Waals surface area contributed by atoms with Gasteiger partial charge in [-0.05, 0) is 32.4 Å². The third-order valence-corrected chi connectivity index (χ3v) is 4.50. The van der Waals surface area contributed by atoms with E-state index in [2.05, 4.69) is 27.4 Å². The van der Waals surface area contributed by atoms with Crippen LogP contribution in [0.2, 0.25) is 0 Å². The molecule has 2 N–H and O–H groups in total. The Kier molecular flexibility index (Phi) is 9.18. The number of amides is 1. The number of guanidine groups is 1. The summed E-state index contributed by atoms with van der Waals surface area (Å²) in [4.78, 5) is 21.2. The molecule has 1 aliphatic heterocycles. The average Bonchev–Trinajstić information content (AvgIpc) is 3.14. The van der Waals surface area contributed by atoms with Crippen molar-refractivity contribution in [2.24, 2.45) is 4.99 Å². The Morgan fingerprint density at radius 1 is 1.30 bits per heavy atom. The van der Waals surface area contributed by atoms with Gasteiger partial charge in [-0.1, -0.05) is 13.3 Å². The van der Waals surface area contributed by atoms with Crippen molar-refractivity contribution >= 4 is 11.9 Å². The van der Waals surface area contributed by atoms with Gasteiger partial charge in [0.1, 0.15) is 5.76 Å². The highest BCUT2D eigenvalue weighted by atomic mass is 16.3. The second-order valence-electron chi connectivity index (χ2n) is 7.30. The van der Waals surface area contributed by atoms with Crippen LogP contribution in [0.15, 0.2) is 27.8 Å². The molecule has 0 spiro atoms. The Morgan fingerprint density at radius 3 is 2.70 bits per heavy atom. The van der Waals surface area contributed by atoms with Crippen LogP contribution < -0.4 is 10.6 Å². The van der Waals surface area contributed by atoms with Crippen LogP contribution in [0.3, 0.4) is 0 Å². The summed E-state index contributed by atoms with van der Waals surface area (Å²) in [6.07, 6.45) is 4.79. The molecule has 0 atom stereocenters. The summed E-state index contributed by atoms with van der Waals surface area (Å²) in [5.41, 5.74) is 0. The number of furan rings is 1. The number of hydrogen-bond acceptors (Lipinski definition) is 4. The summed E-state index contributed by atoms with van der Waals surface area (Å²) in [7, 11) is 0. The highest BCUT2D eigenvalue weighted by Gasteiger charge is 2.21. The lowest BCUT2D eigenvalue weighted by Gasteiger charge is -2.36. The zero-order chi connectivity index (χ0) is 19.5. The average molecular weight is 378 g/mol. The molecule has 0 aromatic carbocycles. The number of hydrogen-bond donors (Lipinski definition) is 2. The number of rotatable bonds is 9. The first-order valence-corrected chi connectivity index (χ1v) is 10.2. The molecule has 1 aromatic rings. The van der Waals surface area contributed by atoms with Crippen LogP contribution in [0, 0.1) is 0 Å². The minimum absolute atomic E-state index is 0.104. The van der Waals surface area contributed by atoms with E-state index in [1.54, 1.807) is 6.26 Å². The number of carbonyl (C=O) groups is 1. The van der Waals surface area contributed by atoms with Crippen molar-refractivity contribution in [2.45, 2.75) is 46.1 Å². The van der Waals surface area contributed by atoms with Gasteiger partial charge in [0.05, 0.1) is 12.8 Å². The number of nitrogens with one attached hydrogen (secondary N) is 2. The van der Waals surface area contributed by atoms with Crippen molar-refractivity contribution in [3.63, 3.8) is 0 Å². The van der Waals surface area contributed by atoms with Gasteiger partial charge in [0.15, 0.2) is 5.96 Å². The van der Waals surface area contributed by atoms with Gasteiger partial charge in [-0.2, -0.15) is 0 Å². The van der Waals surface area contributed by atoms with E-state index in [0.717, 1.165) is 70.3 Å². The molecule has 1 saturated heterocycles. The van der Waals surface area contributed by atoms with Gasteiger partial charge in [-0.15, -0.1) is 0 Å². The maximum absolute atomic E-state index is 12.0. The highest BCUT2D eigenvalue weighted by molar-refractivity contribution is 5.80. The Hall–Kier alpha value is -2.02. The van der Waals surface area contributed by atoms with Crippen LogP contribution in [0.1, 0.15) is 39.4 Å². The molecule has 152 valence electrons. The third kappa shape index (κ3) is 8.03. The molecule has 0 saturated carbocycles. The molecule has 7 heteroatoms. The Morgan fingerprint density at radius 2 is 2.07 bits per heavy atom. The van der Waals surface area contributed by atoms with Crippen LogP contribution in [0.5, 0.6) is 0 Å². The first-order valence-electron chi connectivity index (χ1n) is 10.2. The molecule has 1 aromatic heterocycles. The highest BCUT2D eigenvalue weighted by Crippen LogP contribution is 2.04. The lowest BCUT2D eigenvalue weighted by molar-refractivity contribution is -0.123. The number of piperazine rings is 1. The summed E-state index contributed by atoms with van der Waals surface area (Å²) < 4.78 is 5.40. The van der Waals surface area contributed by atoms with Crippen molar-refractivity contribution in [1.82, 2.24) is 20.4 Å². The molecule has 1 fully saturated rings. The Labute approximate surface area is 163 Å². The summed E-state index contributed by atoms with van der Waals surface area (Å²) >= 11 is 0. The van der Waals surface area contributed by atoms with E-state index in [4.69, 9.17) is 9.41 Å². The smallest absolute Gasteiger partial charge is 0.234 e. The number of nitrogens with zero attached hydrogens (tertiary/aromatic N) is 3. The molecule has 0 bridgehead atoms. The van der Waals surface area contributed by atoms with Crippen molar-refractivity contribution in [2.75, 3.05) is 45.8 Å². The molecule has 0 aliphatic carbocycles. The molecule has 0 unspecified atom stereocenters. The fourth-order valence-corrected chi connectivity index (χ4v) is 3.05. The van der Waals surface area contributed by atoms with Crippen molar-refractivity contribution in [3.05, 3.63) is 24.2 Å². The van der Waals surface area contributed by atoms with Gasteiger partial charge in [-0.3, -0.25) is 14.7 Å². The zero-order valence-corrected chi connectivity index (χ0v) is 17.0. The van der Waals surface area contributed by atoms with Gasteiger partial charge in [0, 0.05) is 51.7 Å². The van der Waals surface area contributed by atoms with E-state index in [0.29, 0.717) is 6.54 Å². The standard InChI is InChI=1S/C20H35N5O2/c1-4-5-9-21-20(22-10-8-18-7-6-15-27-18)25-13-11-24(12-14-25)16-19(26)23-17(2)3/h6-7,15,17H,4-5,8-14,16H2,1-3H3,(H,21,22)(H,23,26). The fourth-order valence-electron chi connectivity index (χ4n) is 3.05. The van der Waals surface area contributed by atoms with E-state index in [-0.39, 0.29) is 11.9 Å². The van der Waals surface area contributed by atoms with Crippen molar-refractivity contribution in [3.8, 4) is 0 Å². The minimum Gasteiger partial charge on any atom is -0.469 e. The molecule has 7 nitrogen and oxygen atoms in total. The predicted molar refractivity (Wildman–Crippen MR) is 109 cm³/mol. The molecule has 1 aliphatic rings. The summed E-state index contributed by atoms with van der Waals surface area (Å²) in [6.45, 7) is 11.8. The van der Waals surface area contributed by atoms with E-state index in [1.807, 2.05) is 26.0 Å². The molecule has 2 rings (SSSR count). The van der Waals surface area contributed by atoms with E-state index in [1.165, 1.54) is 0 Å². The summed E-state index contributed by atoms with van der Waals surface area (Å²) in [5, 5.41) is 6.45. The Bertz CT molecular complexity index is 563. The number of unbranched alkanes of at least 4 members (excludes halogenated alkanes) is 1. The topological polar surface area (TPSA) is 73.1 Å². The third-order valence-electron chi connectivity index (χ3n) is 4.50. The SMILES string of the molecule is CCCCN=C(NCCc1ccco1)N1CCN(CC(=O)NC(C)C)CC1. The van der Waals surface area contributed by atoms with Crippen LogP contribution in [-0.4, -0.2) is 73.5 Å². The number of aliphatic imine (C=N–C) groups is 1. The number of carbonyl (C=O) groups excluding carboxylic acids is 1. The quantitative estimate of drug-likeness (QED) is 0.389. The maximum atomic E-state index is 12.0. The zero-order valence-electron chi connectivity index (χ0n) is 17.0. The second kappa shape index (κ2) is 11.6. The first kappa shape index (κ1) is 21.3. The molecule has 0 radical (unpaired) electrons. The van der Waals surface area contributed by atoms with Crippen LogP contribution in [0.4, 0.5) is 0 Å². The normalized spacial score (nSPS) is 16.0. The van der Waals surface area contributed by atoms with Gasteiger partial charge >= 0.3 is 0 Å². The lowest BCUT2D eigenvalue weighted by atomic mass is 10.3. The van der Waals surface area contributed by atoms with Gasteiger partial charge in [0.25, 0.3) is 0 Å². The van der Waals surface area contributed by atoms with E-state index < -0.39 is 0 Å². The molecule has 1 amide bonds. The minimum atomic E-state index is 0.104. The van der Waals surface area contributed by atoms with Crippen LogP contribution in [-0.2, 0) is 11.2 Å². The largest absolute Gasteiger partial charge is 0.469 e. The van der Waals surface area contributed by atoms with Crippen LogP contribution >= 0.6 is 0 Å². The first-order chi connectivity index (χ1) is 13.1. The predicted octanol–water partition coefficient (Wildman–Crippen LogP) is 1.71. The van der Waals surface area contributed by atoms with Gasteiger partial charge in [-0.25, -0.2) is 0 Å². The van der Waals surface area contributed by atoms with E-state index >= 15 is 0 Å². The molecule has 27 heavy (non-hydrogen) atoms. The molecular formula is C20H35N5O2. The monoisotopic (exact) mass is 377 g/mol. The fraction of sp³-hybridized carbons (Fsp3) is 0.700. The second-order valence-corrected chi connectivity index (χ2v) is 7.30. The van der Waals surface area contributed by atoms with Crippen LogP contribution in [0.25, 0.3) is 0 Å². The van der Waals surface area contributed by atoms with Crippen molar-refractivity contribution < 1.29 is 9.21 Å². The lowest BCUT2D eigenvalue weighted by Crippen LogP contribution is -2.54. The van der Waals surface area contributed by atoms with E-state index in [9.17, 15) is 4.79 Å². The molecular weight excluding hydrogens is 342 g/mol. The summed E-state index contributed by atoms with van der Waals surface area (Å²) in [5.74, 6) is 2.06. The van der Waals surface area contributed by atoms with Gasteiger partial charge < -0.3 is 20.0 Å². The van der Waals surface area contributed by atoms with Crippen molar-refractivity contribution in [1.29, 1.82) is 0 Å². The Balaban J connectivity index is 1.81. The molecule has 2 heterocycles. The summed E-state index contributed by atoms with van der Waals surface area (Å²) in [6, 6.07) is 4.10. The van der Waals surface area contributed by atoms with Gasteiger partial charge in [0.2, 0.25) is 5.91 Å².